The zero-order valence-corrected chi connectivity index (χ0v) is 14.9. The maximum atomic E-state index is 12.4. The monoisotopic (exact) mass is 350 g/mol. The normalized spacial score (nSPS) is 15.9. The van der Waals surface area contributed by atoms with E-state index in [0.717, 1.165) is 38.4 Å². The van der Waals surface area contributed by atoms with Crippen LogP contribution in [0.2, 0.25) is 5.02 Å². The number of hydrogen-bond acceptors (Lipinski definition) is 4. The van der Waals surface area contributed by atoms with Gasteiger partial charge in [0.05, 0.1) is 29.7 Å². The standard InChI is InChI=1S/C16H23ClN6O/c1-13-15(17)10-19-23(13)4-3-16(24)22-7-5-21(6-8-22)12-14-9-18-20(2)11-14/h9-11H,3-8,12H2,1-2H3. The molecule has 2 aromatic rings. The molecule has 1 saturated heterocycles. The molecular weight excluding hydrogens is 328 g/mol. The van der Waals surface area contributed by atoms with Crippen LogP contribution in [0.5, 0.6) is 0 Å². The van der Waals surface area contributed by atoms with Gasteiger partial charge in [-0.2, -0.15) is 10.2 Å². The Hall–Kier alpha value is -1.86. The van der Waals surface area contributed by atoms with Crippen LogP contribution < -0.4 is 0 Å². The molecule has 0 spiro atoms. The first kappa shape index (κ1) is 17.0. The number of aryl methyl sites for hydroxylation is 2. The highest BCUT2D eigenvalue weighted by atomic mass is 35.5. The molecule has 2 aromatic heterocycles. The quantitative estimate of drug-likeness (QED) is 0.816. The molecule has 24 heavy (non-hydrogen) atoms. The van der Waals surface area contributed by atoms with Gasteiger partial charge in [0.2, 0.25) is 5.91 Å². The van der Waals surface area contributed by atoms with Crippen molar-refractivity contribution in [2.45, 2.75) is 26.4 Å². The molecule has 1 aliphatic heterocycles. The minimum Gasteiger partial charge on any atom is -0.340 e. The minimum absolute atomic E-state index is 0.182. The van der Waals surface area contributed by atoms with Gasteiger partial charge in [0.1, 0.15) is 0 Å². The average molecular weight is 351 g/mol. The smallest absolute Gasteiger partial charge is 0.224 e. The summed E-state index contributed by atoms with van der Waals surface area (Å²) in [5, 5.41) is 9.03. The van der Waals surface area contributed by atoms with Crippen LogP contribution in [-0.4, -0.2) is 61.4 Å². The van der Waals surface area contributed by atoms with Gasteiger partial charge in [-0.15, -0.1) is 0 Å². The molecule has 8 heteroatoms. The molecule has 0 N–H and O–H groups in total. The van der Waals surface area contributed by atoms with Crippen LogP contribution in [0, 0.1) is 6.92 Å². The van der Waals surface area contributed by atoms with Crippen LogP contribution in [0.25, 0.3) is 0 Å². The lowest BCUT2D eigenvalue weighted by Crippen LogP contribution is -2.48. The summed E-state index contributed by atoms with van der Waals surface area (Å²) in [6.07, 6.45) is 6.02. The summed E-state index contributed by atoms with van der Waals surface area (Å²) in [7, 11) is 1.93. The molecule has 0 saturated carbocycles. The minimum atomic E-state index is 0.182. The molecule has 1 fully saturated rings. The molecule has 0 atom stereocenters. The highest BCUT2D eigenvalue weighted by molar-refractivity contribution is 6.31. The van der Waals surface area contributed by atoms with E-state index in [1.165, 1.54) is 5.56 Å². The second-order valence-electron chi connectivity index (χ2n) is 6.23. The zero-order chi connectivity index (χ0) is 17.1. The van der Waals surface area contributed by atoms with Gasteiger partial charge >= 0.3 is 0 Å². The van der Waals surface area contributed by atoms with E-state index in [4.69, 9.17) is 11.6 Å². The van der Waals surface area contributed by atoms with Gasteiger partial charge in [-0.1, -0.05) is 11.6 Å². The predicted molar refractivity (Wildman–Crippen MR) is 91.7 cm³/mol. The van der Waals surface area contributed by atoms with E-state index in [2.05, 4.69) is 15.1 Å². The van der Waals surface area contributed by atoms with Crippen molar-refractivity contribution in [3.8, 4) is 0 Å². The summed E-state index contributed by atoms with van der Waals surface area (Å²) in [5.74, 6) is 0.182. The number of aromatic nitrogens is 4. The number of rotatable bonds is 5. The predicted octanol–water partition coefficient (Wildman–Crippen LogP) is 1.31. The van der Waals surface area contributed by atoms with Crippen molar-refractivity contribution in [2.75, 3.05) is 26.2 Å². The fourth-order valence-electron chi connectivity index (χ4n) is 2.98. The third kappa shape index (κ3) is 3.96. The van der Waals surface area contributed by atoms with Crippen molar-refractivity contribution in [1.82, 2.24) is 29.4 Å². The molecule has 1 amide bonds. The molecular formula is C16H23ClN6O. The molecule has 0 unspecified atom stereocenters. The van der Waals surface area contributed by atoms with Gasteiger partial charge in [-0.25, -0.2) is 0 Å². The number of amides is 1. The van der Waals surface area contributed by atoms with Crippen molar-refractivity contribution >= 4 is 17.5 Å². The van der Waals surface area contributed by atoms with Gasteiger partial charge in [0.25, 0.3) is 0 Å². The van der Waals surface area contributed by atoms with E-state index in [0.29, 0.717) is 18.0 Å². The second-order valence-corrected chi connectivity index (χ2v) is 6.64. The second kappa shape index (κ2) is 7.36. The molecule has 0 radical (unpaired) electrons. The van der Waals surface area contributed by atoms with Crippen molar-refractivity contribution in [3.05, 3.63) is 34.9 Å². The SMILES string of the molecule is Cc1c(Cl)cnn1CCC(=O)N1CCN(Cc2cnn(C)c2)CC1. The first-order chi connectivity index (χ1) is 11.5. The fourth-order valence-corrected chi connectivity index (χ4v) is 3.12. The number of piperazine rings is 1. The number of halogens is 1. The van der Waals surface area contributed by atoms with Gasteiger partial charge in [0.15, 0.2) is 0 Å². The van der Waals surface area contributed by atoms with Crippen LogP contribution in [0.4, 0.5) is 0 Å². The summed E-state index contributed by atoms with van der Waals surface area (Å²) < 4.78 is 3.61. The van der Waals surface area contributed by atoms with Crippen LogP contribution in [0.1, 0.15) is 17.7 Å². The van der Waals surface area contributed by atoms with Gasteiger partial charge in [0, 0.05) is 58.0 Å². The van der Waals surface area contributed by atoms with Crippen molar-refractivity contribution in [1.29, 1.82) is 0 Å². The Kier molecular flexibility index (Phi) is 5.20. The highest BCUT2D eigenvalue weighted by Crippen LogP contribution is 2.14. The number of carbonyl (C=O) groups is 1. The Morgan fingerprint density at radius 2 is 1.96 bits per heavy atom. The van der Waals surface area contributed by atoms with E-state index in [1.807, 2.05) is 35.9 Å². The number of hydrogen-bond donors (Lipinski definition) is 0. The first-order valence-electron chi connectivity index (χ1n) is 8.18. The summed E-state index contributed by atoms with van der Waals surface area (Å²) in [4.78, 5) is 16.7. The van der Waals surface area contributed by atoms with E-state index in [9.17, 15) is 4.79 Å². The van der Waals surface area contributed by atoms with E-state index >= 15 is 0 Å². The third-order valence-corrected chi connectivity index (χ3v) is 4.84. The van der Waals surface area contributed by atoms with E-state index in [1.54, 1.807) is 10.9 Å². The summed E-state index contributed by atoms with van der Waals surface area (Å²) in [6.45, 7) is 6.72. The Morgan fingerprint density at radius 3 is 2.54 bits per heavy atom. The molecule has 7 nitrogen and oxygen atoms in total. The van der Waals surface area contributed by atoms with Crippen molar-refractivity contribution in [2.24, 2.45) is 7.05 Å². The fraction of sp³-hybridized carbons (Fsp3) is 0.562. The van der Waals surface area contributed by atoms with Crippen LogP contribution in [0.3, 0.4) is 0 Å². The Balaban J connectivity index is 1.44. The Bertz CT molecular complexity index is 701. The zero-order valence-electron chi connectivity index (χ0n) is 14.2. The van der Waals surface area contributed by atoms with Gasteiger partial charge in [-0.05, 0) is 6.92 Å². The molecule has 0 aromatic carbocycles. The molecule has 0 bridgehead atoms. The topological polar surface area (TPSA) is 59.2 Å². The molecule has 130 valence electrons. The lowest BCUT2D eigenvalue weighted by molar-refractivity contribution is -0.133. The lowest BCUT2D eigenvalue weighted by Gasteiger charge is -2.34. The van der Waals surface area contributed by atoms with E-state index < -0.39 is 0 Å². The number of nitrogens with zero attached hydrogens (tertiary/aromatic N) is 6. The van der Waals surface area contributed by atoms with Gasteiger partial charge < -0.3 is 4.90 Å². The van der Waals surface area contributed by atoms with Gasteiger partial charge in [-0.3, -0.25) is 19.1 Å². The van der Waals surface area contributed by atoms with Crippen LogP contribution in [-0.2, 0) is 24.9 Å². The first-order valence-corrected chi connectivity index (χ1v) is 8.56. The Labute approximate surface area is 146 Å². The van der Waals surface area contributed by atoms with Crippen molar-refractivity contribution in [3.63, 3.8) is 0 Å². The van der Waals surface area contributed by atoms with Crippen molar-refractivity contribution < 1.29 is 4.79 Å². The maximum Gasteiger partial charge on any atom is 0.224 e. The summed E-state index contributed by atoms with van der Waals surface area (Å²) >= 11 is 5.99. The lowest BCUT2D eigenvalue weighted by atomic mass is 10.2. The highest BCUT2D eigenvalue weighted by Gasteiger charge is 2.21. The third-order valence-electron chi connectivity index (χ3n) is 4.47. The Morgan fingerprint density at radius 1 is 1.21 bits per heavy atom. The average Bonchev–Trinajstić information content (AvgIpc) is 3.12. The van der Waals surface area contributed by atoms with Crippen LogP contribution >= 0.6 is 11.6 Å². The summed E-state index contributed by atoms with van der Waals surface area (Å²) in [6, 6.07) is 0. The number of carbonyl (C=O) groups excluding carboxylic acids is 1. The molecule has 1 aliphatic rings. The molecule has 3 rings (SSSR count). The largest absolute Gasteiger partial charge is 0.340 e. The summed E-state index contributed by atoms with van der Waals surface area (Å²) in [5.41, 5.74) is 2.12. The van der Waals surface area contributed by atoms with Crippen LogP contribution in [0.15, 0.2) is 18.6 Å². The van der Waals surface area contributed by atoms with E-state index in [-0.39, 0.29) is 5.91 Å². The maximum absolute atomic E-state index is 12.4. The molecule has 0 aliphatic carbocycles. The molecule has 3 heterocycles.